The highest BCUT2D eigenvalue weighted by Gasteiger charge is 2.17. The van der Waals surface area contributed by atoms with Crippen LogP contribution in [0, 0.1) is 5.82 Å². The van der Waals surface area contributed by atoms with Gasteiger partial charge in [0.05, 0.1) is 12.6 Å². The summed E-state index contributed by atoms with van der Waals surface area (Å²) in [5.74, 6) is 0.0642. The maximum absolute atomic E-state index is 13.9. The molecule has 2 rings (SSSR count). The Morgan fingerprint density at radius 1 is 1.50 bits per heavy atom. The molecule has 1 aromatic heterocycles. The number of aromatic nitrogens is 4. The fourth-order valence-electron chi connectivity index (χ4n) is 1.75. The van der Waals surface area contributed by atoms with Gasteiger partial charge in [0.15, 0.2) is 5.82 Å². The Labute approximate surface area is 120 Å². The van der Waals surface area contributed by atoms with Crippen molar-refractivity contribution in [3.05, 3.63) is 34.9 Å². The Morgan fingerprint density at radius 3 is 3.05 bits per heavy atom. The Bertz CT molecular complexity index is 577. The molecular formula is C12H15ClFN5O. The quantitative estimate of drug-likeness (QED) is 0.823. The van der Waals surface area contributed by atoms with Gasteiger partial charge in [0.25, 0.3) is 0 Å². The average Bonchev–Trinajstić information content (AvgIpc) is 2.91. The number of rotatable bonds is 6. The molecule has 1 N–H and O–H groups in total. The molecule has 0 aliphatic carbocycles. The molecule has 0 bridgehead atoms. The Morgan fingerprint density at radius 2 is 2.30 bits per heavy atom. The predicted octanol–water partition coefficient (Wildman–Crippen LogP) is 1.75. The summed E-state index contributed by atoms with van der Waals surface area (Å²) < 4.78 is 20.2. The fourth-order valence-corrected chi connectivity index (χ4v) is 1.92. The highest BCUT2D eigenvalue weighted by molar-refractivity contribution is 6.30. The minimum Gasteiger partial charge on any atom is -0.383 e. The van der Waals surface area contributed by atoms with Crippen molar-refractivity contribution in [3.8, 4) is 5.69 Å². The molecule has 2 aromatic rings. The van der Waals surface area contributed by atoms with Crippen molar-refractivity contribution >= 4 is 11.6 Å². The van der Waals surface area contributed by atoms with Gasteiger partial charge in [0.2, 0.25) is 0 Å². The van der Waals surface area contributed by atoms with E-state index in [4.69, 9.17) is 16.3 Å². The lowest BCUT2D eigenvalue weighted by Crippen LogP contribution is -2.25. The number of halogens is 2. The molecule has 0 aliphatic heterocycles. The normalized spacial score (nSPS) is 12.6. The predicted molar refractivity (Wildman–Crippen MR) is 72.4 cm³/mol. The second-order valence-electron chi connectivity index (χ2n) is 4.21. The van der Waals surface area contributed by atoms with Crippen molar-refractivity contribution in [3.63, 3.8) is 0 Å². The van der Waals surface area contributed by atoms with Crippen molar-refractivity contribution in [2.75, 3.05) is 20.3 Å². The van der Waals surface area contributed by atoms with E-state index in [0.717, 1.165) is 0 Å². The van der Waals surface area contributed by atoms with Crippen molar-refractivity contribution < 1.29 is 9.13 Å². The first-order valence-corrected chi connectivity index (χ1v) is 6.47. The summed E-state index contributed by atoms with van der Waals surface area (Å²) in [5.41, 5.74) is 0.220. The molecule has 1 atom stereocenters. The van der Waals surface area contributed by atoms with E-state index in [-0.39, 0.29) is 11.7 Å². The first-order valence-electron chi connectivity index (χ1n) is 6.09. The third-order valence-electron chi connectivity index (χ3n) is 2.77. The van der Waals surface area contributed by atoms with Gasteiger partial charge in [0, 0.05) is 18.7 Å². The molecule has 8 heteroatoms. The van der Waals surface area contributed by atoms with E-state index in [1.807, 2.05) is 6.92 Å². The Kier molecular flexibility index (Phi) is 4.99. The maximum atomic E-state index is 13.9. The molecule has 0 spiro atoms. The molecule has 108 valence electrons. The molecule has 0 radical (unpaired) electrons. The van der Waals surface area contributed by atoms with Crippen LogP contribution in [0.4, 0.5) is 4.39 Å². The molecule has 0 saturated carbocycles. The van der Waals surface area contributed by atoms with Gasteiger partial charge in [-0.3, -0.25) is 0 Å². The van der Waals surface area contributed by atoms with Crippen molar-refractivity contribution in [2.45, 2.75) is 13.0 Å². The number of ether oxygens (including phenoxy) is 1. The molecule has 1 heterocycles. The Hall–Kier alpha value is -1.57. The molecule has 0 aliphatic rings. The number of benzene rings is 1. The van der Waals surface area contributed by atoms with Gasteiger partial charge in [-0.2, -0.15) is 4.68 Å². The van der Waals surface area contributed by atoms with E-state index in [0.29, 0.717) is 24.0 Å². The second-order valence-corrected chi connectivity index (χ2v) is 4.65. The molecule has 0 amide bonds. The number of hydrogen-bond acceptors (Lipinski definition) is 5. The second kappa shape index (κ2) is 6.74. The largest absolute Gasteiger partial charge is 0.383 e. The van der Waals surface area contributed by atoms with Gasteiger partial charge < -0.3 is 10.1 Å². The van der Waals surface area contributed by atoms with Crippen LogP contribution in [0.2, 0.25) is 5.02 Å². The van der Waals surface area contributed by atoms with Crippen LogP contribution in [0.5, 0.6) is 0 Å². The Balaban J connectivity index is 2.26. The van der Waals surface area contributed by atoms with Gasteiger partial charge in [0.1, 0.15) is 11.5 Å². The SMILES string of the molecule is COCCNC(C)c1nnnn1-c1cc(Cl)ccc1F. The van der Waals surface area contributed by atoms with Crippen LogP contribution in [-0.4, -0.2) is 40.5 Å². The average molecular weight is 300 g/mol. The third kappa shape index (κ3) is 3.30. The van der Waals surface area contributed by atoms with Crippen LogP contribution in [0.25, 0.3) is 5.69 Å². The molecule has 1 aromatic carbocycles. The number of nitrogens with zero attached hydrogens (tertiary/aromatic N) is 4. The van der Waals surface area contributed by atoms with E-state index >= 15 is 0 Å². The molecule has 0 fully saturated rings. The summed E-state index contributed by atoms with van der Waals surface area (Å²) in [4.78, 5) is 0. The number of nitrogens with one attached hydrogen (secondary N) is 1. The number of methoxy groups -OCH3 is 1. The summed E-state index contributed by atoms with van der Waals surface area (Å²) >= 11 is 5.89. The third-order valence-corrected chi connectivity index (χ3v) is 3.01. The zero-order valence-electron chi connectivity index (χ0n) is 11.2. The van der Waals surface area contributed by atoms with Crippen LogP contribution < -0.4 is 5.32 Å². The fraction of sp³-hybridized carbons (Fsp3) is 0.417. The molecule has 6 nitrogen and oxygen atoms in total. The van der Waals surface area contributed by atoms with Crippen LogP contribution in [0.1, 0.15) is 18.8 Å². The van der Waals surface area contributed by atoms with Crippen molar-refractivity contribution in [1.82, 2.24) is 25.5 Å². The van der Waals surface area contributed by atoms with Crippen LogP contribution in [0.15, 0.2) is 18.2 Å². The summed E-state index contributed by atoms with van der Waals surface area (Å²) in [6.07, 6.45) is 0. The molecule has 0 saturated heterocycles. The lowest BCUT2D eigenvalue weighted by Gasteiger charge is -2.13. The van der Waals surface area contributed by atoms with Gasteiger partial charge in [-0.1, -0.05) is 11.6 Å². The molecule has 1 unspecified atom stereocenters. The van der Waals surface area contributed by atoms with Crippen molar-refractivity contribution in [1.29, 1.82) is 0 Å². The first-order chi connectivity index (χ1) is 9.63. The summed E-state index contributed by atoms with van der Waals surface area (Å²) in [7, 11) is 1.62. The van der Waals surface area contributed by atoms with E-state index < -0.39 is 5.82 Å². The first kappa shape index (κ1) is 14.8. The summed E-state index contributed by atoms with van der Waals surface area (Å²) in [6.45, 7) is 3.10. The highest BCUT2D eigenvalue weighted by atomic mass is 35.5. The number of hydrogen-bond donors (Lipinski definition) is 1. The van der Waals surface area contributed by atoms with Crippen LogP contribution in [-0.2, 0) is 4.74 Å². The summed E-state index contributed by atoms with van der Waals surface area (Å²) in [6, 6.07) is 4.09. The highest BCUT2D eigenvalue weighted by Crippen LogP contribution is 2.20. The van der Waals surface area contributed by atoms with Crippen LogP contribution >= 0.6 is 11.6 Å². The molecular weight excluding hydrogens is 285 g/mol. The lowest BCUT2D eigenvalue weighted by atomic mass is 10.2. The smallest absolute Gasteiger partial charge is 0.173 e. The minimum atomic E-state index is -0.438. The van der Waals surface area contributed by atoms with E-state index in [9.17, 15) is 4.39 Å². The zero-order chi connectivity index (χ0) is 14.5. The van der Waals surface area contributed by atoms with Crippen LogP contribution in [0.3, 0.4) is 0 Å². The minimum absolute atomic E-state index is 0.154. The van der Waals surface area contributed by atoms with E-state index in [2.05, 4.69) is 20.8 Å². The standard InChI is InChI=1S/C12H15ClFN5O/c1-8(15-5-6-20-2)12-16-17-18-19(12)11-7-9(13)3-4-10(11)14/h3-4,7-8,15H,5-6H2,1-2H3. The van der Waals surface area contributed by atoms with Gasteiger partial charge in [-0.05, 0) is 35.5 Å². The summed E-state index contributed by atoms with van der Waals surface area (Å²) in [5, 5.41) is 15.0. The maximum Gasteiger partial charge on any atom is 0.173 e. The topological polar surface area (TPSA) is 64.9 Å². The van der Waals surface area contributed by atoms with E-state index in [1.54, 1.807) is 7.11 Å². The zero-order valence-corrected chi connectivity index (χ0v) is 11.9. The lowest BCUT2D eigenvalue weighted by molar-refractivity contribution is 0.196. The van der Waals surface area contributed by atoms with Gasteiger partial charge >= 0.3 is 0 Å². The van der Waals surface area contributed by atoms with E-state index in [1.165, 1.54) is 22.9 Å². The van der Waals surface area contributed by atoms with Gasteiger partial charge in [-0.25, -0.2) is 4.39 Å². The van der Waals surface area contributed by atoms with Gasteiger partial charge in [-0.15, -0.1) is 5.10 Å². The molecule has 20 heavy (non-hydrogen) atoms. The number of tetrazole rings is 1. The monoisotopic (exact) mass is 299 g/mol. The van der Waals surface area contributed by atoms with Crippen molar-refractivity contribution in [2.24, 2.45) is 0 Å².